The molecular weight excluding hydrogens is 332 g/mol. The molecule has 0 fully saturated rings. The standard InChI is InChI=1S/C8H5F5IN/c9-3-1-4(6(14)5(10)2-3)7(15)8(11,12)13/h1-2,7H,15H2/t7-/m1/s1. The van der Waals surface area contributed by atoms with Gasteiger partial charge in [-0.1, -0.05) is 0 Å². The van der Waals surface area contributed by atoms with Crippen molar-refractivity contribution in [2.24, 2.45) is 5.73 Å². The molecule has 7 heteroatoms. The number of hydrogen-bond donors (Lipinski definition) is 1. The molecule has 0 amide bonds. The first kappa shape index (κ1) is 12.6. The molecule has 0 heterocycles. The number of nitrogens with two attached hydrogens (primary N) is 1. The quantitative estimate of drug-likeness (QED) is 0.476. The van der Waals surface area contributed by atoms with Crippen LogP contribution in [0.4, 0.5) is 22.0 Å². The summed E-state index contributed by atoms with van der Waals surface area (Å²) in [6.07, 6.45) is -4.72. The van der Waals surface area contributed by atoms with Crippen LogP contribution in [0.3, 0.4) is 0 Å². The van der Waals surface area contributed by atoms with E-state index in [-0.39, 0.29) is 3.57 Å². The van der Waals surface area contributed by atoms with Gasteiger partial charge in [-0.25, -0.2) is 8.78 Å². The molecule has 2 N–H and O–H groups in total. The fourth-order valence-electron chi connectivity index (χ4n) is 0.979. The summed E-state index contributed by atoms with van der Waals surface area (Å²) in [5.74, 6) is -2.13. The van der Waals surface area contributed by atoms with E-state index in [2.05, 4.69) is 0 Å². The topological polar surface area (TPSA) is 26.0 Å². The van der Waals surface area contributed by atoms with Gasteiger partial charge in [-0.2, -0.15) is 13.2 Å². The van der Waals surface area contributed by atoms with Crippen molar-refractivity contribution in [2.45, 2.75) is 12.2 Å². The Labute approximate surface area is 95.6 Å². The minimum absolute atomic E-state index is 0.321. The van der Waals surface area contributed by atoms with Crippen molar-refractivity contribution in [3.8, 4) is 0 Å². The van der Waals surface area contributed by atoms with E-state index in [0.717, 1.165) is 0 Å². The van der Waals surface area contributed by atoms with Crippen LogP contribution < -0.4 is 5.73 Å². The maximum absolute atomic E-state index is 12.9. The molecule has 1 aromatic carbocycles. The van der Waals surface area contributed by atoms with Crippen LogP contribution in [-0.4, -0.2) is 6.18 Å². The smallest absolute Gasteiger partial charge is 0.316 e. The fraction of sp³-hybridized carbons (Fsp3) is 0.250. The van der Waals surface area contributed by atoms with Gasteiger partial charge in [0.05, 0.1) is 3.57 Å². The van der Waals surface area contributed by atoms with Crippen molar-refractivity contribution in [3.63, 3.8) is 0 Å². The first-order chi connectivity index (χ1) is 6.73. The molecule has 0 saturated carbocycles. The predicted octanol–water partition coefficient (Wildman–Crippen LogP) is 3.13. The van der Waals surface area contributed by atoms with Gasteiger partial charge < -0.3 is 5.73 Å². The maximum atomic E-state index is 12.9. The molecule has 1 atom stereocenters. The van der Waals surface area contributed by atoms with Crippen LogP contribution in [0.5, 0.6) is 0 Å². The van der Waals surface area contributed by atoms with Gasteiger partial charge in [0, 0.05) is 6.07 Å². The lowest BCUT2D eigenvalue weighted by molar-refractivity contribution is -0.149. The second kappa shape index (κ2) is 4.20. The lowest BCUT2D eigenvalue weighted by atomic mass is 10.1. The summed E-state index contributed by atoms with van der Waals surface area (Å²) >= 11 is 1.36. The van der Waals surface area contributed by atoms with E-state index in [4.69, 9.17) is 5.73 Å². The largest absolute Gasteiger partial charge is 0.407 e. The first-order valence-electron chi connectivity index (χ1n) is 3.70. The summed E-state index contributed by atoms with van der Waals surface area (Å²) in [5.41, 5.74) is 4.25. The van der Waals surface area contributed by atoms with Crippen molar-refractivity contribution < 1.29 is 22.0 Å². The number of alkyl halides is 3. The highest BCUT2D eigenvalue weighted by molar-refractivity contribution is 14.1. The Kier molecular flexibility index (Phi) is 3.54. The zero-order valence-corrected chi connectivity index (χ0v) is 9.23. The van der Waals surface area contributed by atoms with Gasteiger partial charge in [-0.3, -0.25) is 0 Å². The van der Waals surface area contributed by atoms with Crippen molar-refractivity contribution in [1.82, 2.24) is 0 Å². The number of halogens is 6. The third-order valence-corrected chi connectivity index (χ3v) is 2.85. The van der Waals surface area contributed by atoms with Crippen molar-refractivity contribution in [3.05, 3.63) is 32.9 Å². The Morgan fingerprint density at radius 3 is 2.20 bits per heavy atom. The van der Waals surface area contributed by atoms with Crippen LogP contribution in [0, 0.1) is 15.2 Å². The van der Waals surface area contributed by atoms with Crippen LogP contribution in [0.15, 0.2) is 12.1 Å². The maximum Gasteiger partial charge on any atom is 0.407 e. The average Bonchev–Trinajstić information content (AvgIpc) is 2.08. The molecule has 0 radical (unpaired) electrons. The first-order valence-corrected chi connectivity index (χ1v) is 4.78. The molecular formula is C8H5F5IN. The Morgan fingerprint density at radius 1 is 1.20 bits per heavy atom. The molecule has 1 nitrogen and oxygen atoms in total. The Balaban J connectivity index is 3.25. The SMILES string of the molecule is N[C@H](c1cc(F)cc(F)c1I)C(F)(F)F. The van der Waals surface area contributed by atoms with Gasteiger partial charge in [-0.15, -0.1) is 0 Å². The van der Waals surface area contributed by atoms with Gasteiger partial charge >= 0.3 is 6.18 Å². The average molecular weight is 337 g/mol. The molecule has 0 unspecified atom stereocenters. The molecule has 0 aliphatic rings. The normalized spacial score (nSPS) is 14.1. The number of benzene rings is 1. The molecule has 1 rings (SSSR count). The van der Waals surface area contributed by atoms with Crippen molar-refractivity contribution >= 4 is 22.6 Å². The summed E-state index contributed by atoms with van der Waals surface area (Å²) in [6.45, 7) is 0. The van der Waals surface area contributed by atoms with E-state index in [9.17, 15) is 22.0 Å². The van der Waals surface area contributed by atoms with E-state index < -0.39 is 29.4 Å². The lowest BCUT2D eigenvalue weighted by Gasteiger charge is -2.17. The van der Waals surface area contributed by atoms with Gasteiger partial charge in [0.25, 0.3) is 0 Å². The highest BCUT2D eigenvalue weighted by atomic mass is 127. The second-order valence-electron chi connectivity index (χ2n) is 2.81. The van der Waals surface area contributed by atoms with Crippen LogP contribution in [0.1, 0.15) is 11.6 Å². The molecule has 0 aromatic heterocycles. The minimum Gasteiger partial charge on any atom is -0.316 e. The van der Waals surface area contributed by atoms with Crippen LogP contribution in [0.25, 0.3) is 0 Å². The Hall–Kier alpha value is -0.440. The van der Waals surface area contributed by atoms with E-state index in [1.54, 1.807) is 0 Å². The third kappa shape index (κ3) is 2.77. The van der Waals surface area contributed by atoms with E-state index in [1.165, 1.54) is 22.6 Å². The molecule has 0 spiro atoms. The molecule has 0 bridgehead atoms. The Morgan fingerprint density at radius 2 is 1.73 bits per heavy atom. The van der Waals surface area contributed by atoms with Crippen LogP contribution >= 0.6 is 22.6 Å². The van der Waals surface area contributed by atoms with Crippen molar-refractivity contribution in [2.75, 3.05) is 0 Å². The van der Waals surface area contributed by atoms with E-state index >= 15 is 0 Å². The molecule has 0 saturated heterocycles. The highest BCUT2D eigenvalue weighted by Gasteiger charge is 2.39. The van der Waals surface area contributed by atoms with Gasteiger partial charge in [0.1, 0.15) is 17.7 Å². The van der Waals surface area contributed by atoms with Crippen LogP contribution in [-0.2, 0) is 0 Å². The molecule has 0 aliphatic heterocycles. The molecule has 84 valence electrons. The third-order valence-electron chi connectivity index (χ3n) is 1.71. The van der Waals surface area contributed by atoms with Crippen molar-refractivity contribution in [1.29, 1.82) is 0 Å². The predicted molar refractivity (Wildman–Crippen MR) is 52.1 cm³/mol. The zero-order valence-electron chi connectivity index (χ0n) is 7.08. The lowest BCUT2D eigenvalue weighted by Crippen LogP contribution is -2.29. The van der Waals surface area contributed by atoms with Gasteiger partial charge in [0.2, 0.25) is 0 Å². The minimum atomic E-state index is -4.72. The summed E-state index contributed by atoms with van der Waals surface area (Å²) in [6, 6.07) is -1.29. The summed E-state index contributed by atoms with van der Waals surface area (Å²) in [4.78, 5) is 0. The zero-order chi connectivity index (χ0) is 11.8. The summed E-state index contributed by atoms with van der Waals surface area (Å²) in [7, 11) is 0. The number of rotatable bonds is 1. The molecule has 0 aliphatic carbocycles. The monoisotopic (exact) mass is 337 g/mol. The summed E-state index contributed by atoms with van der Waals surface area (Å²) in [5, 5.41) is 0. The van der Waals surface area contributed by atoms with Gasteiger partial charge in [0.15, 0.2) is 0 Å². The number of hydrogen-bond acceptors (Lipinski definition) is 1. The summed E-state index contributed by atoms with van der Waals surface area (Å²) < 4.78 is 61.9. The van der Waals surface area contributed by atoms with Gasteiger partial charge in [-0.05, 0) is 34.2 Å². The molecule has 1 aromatic rings. The van der Waals surface area contributed by atoms with Crippen LogP contribution in [0.2, 0.25) is 0 Å². The highest BCUT2D eigenvalue weighted by Crippen LogP contribution is 2.34. The van der Waals surface area contributed by atoms with E-state index in [1.807, 2.05) is 0 Å². The second-order valence-corrected chi connectivity index (χ2v) is 3.89. The Bertz CT molecular complexity index is 376. The fourth-order valence-corrected chi connectivity index (χ4v) is 1.63. The molecule has 15 heavy (non-hydrogen) atoms. The van der Waals surface area contributed by atoms with E-state index in [0.29, 0.717) is 12.1 Å².